The number of hydrogen-bond donors (Lipinski definition) is 1. The standard InChI is InChI=1S/C28H28N4O3/c1-17-8-9-22-20(12-17)14-21-15-28(23-13-18(2)10-11-31(23)24(21)29-22)25(33)30-27(35)32(26(28)34)16-19-6-4-3-5-7-19/h3-9,12,14,18,23H,10-11,13,15-16H2,1-2H3,(H,30,33,35)/t18-,23-,28+/m1/s1. The fourth-order valence-electron chi connectivity index (χ4n) is 6.05. The number of amides is 4. The number of aromatic nitrogens is 1. The van der Waals surface area contributed by atoms with Crippen LogP contribution in [-0.4, -0.2) is 40.3 Å². The first-order valence-electron chi connectivity index (χ1n) is 12.2. The third-order valence-electron chi connectivity index (χ3n) is 7.88. The minimum Gasteiger partial charge on any atom is -0.352 e. The molecule has 0 saturated carbocycles. The second kappa shape index (κ2) is 7.90. The van der Waals surface area contributed by atoms with Gasteiger partial charge in [0.2, 0.25) is 11.8 Å². The Morgan fingerprint density at radius 3 is 2.69 bits per heavy atom. The molecular weight excluding hydrogens is 440 g/mol. The van der Waals surface area contributed by atoms with Gasteiger partial charge in [-0.25, -0.2) is 9.78 Å². The Kier molecular flexibility index (Phi) is 4.91. The number of imide groups is 2. The van der Waals surface area contributed by atoms with E-state index in [0.717, 1.165) is 46.4 Å². The van der Waals surface area contributed by atoms with E-state index in [1.807, 2.05) is 49.4 Å². The number of pyridine rings is 1. The zero-order valence-corrected chi connectivity index (χ0v) is 20.0. The average molecular weight is 469 g/mol. The highest BCUT2D eigenvalue weighted by Gasteiger charge is 2.62. The summed E-state index contributed by atoms with van der Waals surface area (Å²) in [5.74, 6) is 0.319. The van der Waals surface area contributed by atoms with Crippen molar-refractivity contribution in [3.8, 4) is 0 Å². The minimum atomic E-state index is -1.37. The molecule has 1 aromatic heterocycles. The first-order chi connectivity index (χ1) is 16.9. The molecule has 4 heterocycles. The van der Waals surface area contributed by atoms with Crippen LogP contribution in [0.4, 0.5) is 10.6 Å². The maximum absolute atomic E-state index is 14.2. The van der Waals surface area contributed by atoms with E-state index in [4.69, 9.17) is 4.98 Å². The van der Waals surface area contributed by atoms with Gasteiger partial charge >= 0.3 is 6.03 Å². The normalized spacial score (nSPS) is 26.1. The summed E-state index contributed by atoms with van der Waals surface area (Å²) in [6.07, 6.45) is 1.89. The van der Waals surface area contributed by atoms with Gasteiger partial charge in [-0.3, -0.25) is 19.8 Å². The number of piperidine rings is 1. The summed E-state index contributed by atoms with van der Waals surface area (Å²) >= 11 is 0. The molecule has 0 aliphatic carbocycles. The molecule has 0 bridgehead atoms. The Morgan fingerprint density at radius 2 is 1.89 bits per heavy atom. The maximum Gasteiger partial charge on any atom is 0.331 e. The first kappa shape index (κ1) is 21.8. The van der Waals surface area contributed by atoms with Gasteiger partial charge in [-0.15, -0.1) is 0 Å². The van der Waals surface area contributed by atoms with Crippen molar-refractivity contribution in [2.45, 2.75) is 45.7 Å². The van der Waals surface area contributed by atoms with Crippen LogP contribution in [0.25, 0.3) is 10.9 Å². The molecule has 1 spiro atoms. The third kappa shape index (κ3) is 3.32. The van der Waals surface area contributed by atoms with Crippen molar-refractivity contribution in [1.82, 2.24) is 15.2 Å². The SMILES string of the molecule is Cc1ccc2nc3c(cc2c1)C[C@@]1(C(=O)NC(=O)N(Cc2ccccc2)C1=O)[C@H]1C[C@H](C)CCN31. The number of carbonyl (C=O) groups excluding carboxylic acids is 3. The highest BCUT2D eigenvalue weighted by Crippen LogP contribution is 2.48. The zero-order valence-electron chi connectivity index (χ0n) is 20.0. The topological polar surface area (TPSA) is 82.6 Å². The van der Waals surface area contributed by atoms with E-state index in [1.54, 1.807) is 0 Å². The number of fused-ring (bicyclic) bond motifs is 5. The molecule has 3 aliphatic heterocycles. The van der Waals surface area contributed by atoms with Crippen molar-refractivity contribution in [1.29, 1.82) is 0 Å². The lowest BCUT2D eigenvalue weighted by atomic mass is 9.65. The molecule has 178 valence electrons. The number of rotatable bonds is 2. The molecule has 35 heavy (non-hydrogen) atoms. The molecule has 3 aliphatic rings. The summed E-state index contributed by atoms with van der Waals surface area (Å²) in [7, 11) is 0. The molecule has 3 atom stereocenters. The van der Waals surface area contributed by atoms with Crippen LogP contribution in [0.15, 0.2) is 54.6 Å². The van der Waals surface area contributed by atoms with E-state index in [9.17, 15) is 14.4 Å². The van der Waals surface area contributed by atoms with Crippen LogP contribution in [-0.2, 0) is 22.6 Å². The maximum atomic E-state index is 14.2. The van der Waals surface area contributed by atoms with Gasteiger partial charge in [0.25, 0.3) is 0 Å². The van der Waals surface area contributed by atoms with Crippen LogP contribution >= 0.6 is 0 Å². The van der Waals surface area contributed by atoms with Crippen molar-refractivity contribution < 1.29 is 14.4 Å². The van der Waals surface area contributed by atoms with E-state index >= 15 is 0 Å². The van der Waals surface area contributed by atoms with E-state index in [2.05, 4.69) is 29.3 Å². The van der Waals surface area contributed by atoms with Crippen LogP contribution < -0.4 is 10.2 Å². The van der Waals surface area contributed by atoms with Crippen molar-refractivity contribution >= 4 is 34.6 Å². The third-order valence-corrected chi connectivity index (χ3v) is 7.88. The predicted octanol–water partition coefficient (Wildman–Crippen LogP) is 3.97. The van der Waals surface area contributed by atoms with Crippen molar-refractivity contribution in [2.24, 2.45) is 11.3 Å². The Labute approximate surface area is 204 Å². The summed E-state index contributed by atoms with van der Waals surface area (Å²) in [6, 6.07) is 16.6. The lowest BCUT2D eigenvalue weighted by molar-refractivity contribution is -0.154. The number of nitrogens with one attached hydrogen (secondary N) is 1. The van der Waals surface area contributed by atoms with Crippen LogP contribution in [0.1, 0.15) is 36.5 Å². The molecule has 1 N–H and O–H groups in total. The molecule has 0 radical (unpaired) electrons. The number of benzene rings is 2. The number of carbonyl (C=O) groups is 3. The quantitative estimate of drug-likeness (QED) is 0.576. The molecule has 3 aromatic rings. The van der Waals surface area contributed by atoms with Gasteiger partial charge in [0.15, 0.2) is 5.41 Å². The summed E-state index contributed by atoms with van der Waals surface area (Å²) in [4.78, 5) is 49.1. The Hall–Kier alpha value is -3.74. The average Bonchev–Trinajstić information content (AvgIpc) is 2.84. The van der Waals surface area contributed by atoms with Crippen LogP contribution in [0.5, 0.6) is 0 Å². The molecule has 2 fully saturated rings. The molecule has 6 rings (SSSR count). The van der Waals surface area contributed by atoms with Gasteiger partial charge in [0, 0.05) is 18.4 Å². The molecule has 0 unspecified atom stereocenters. The van der Waals surface area contributed by atoms with Crippen LogP contribution in [0.2, 0.25) is 0 Å². The highest BCUT2D eigenvalue weighted by atomic mass is 16.2. The number of urea groups is 1. The van der Waals surface area contributed by atoms with Crippen molar-refractivity contribution in [2.75, 3.05) is 11.4 Å². The highest BCUT2D eigenvalue weighted by molar-refractivity contribution is 6.20. The number of aryl methyl sites for hydroxylation is 1. The molecule has 7 nitrogen and oxygen atoms in total. The number of barbiturate groups is 1. The lowest BCUT2D eigenvalue weighted by Crippen LogP contribution is -2.72. The Morgan fingerprint density at radius 1 is 1.09 bits per heavy atom. The number of nitrogens with zero attached hydrogens (tertiary/aromatic N) is 3. The lowest BCUT2D eigenvalue weighted by Gasteiger charge is -2.54. The van der Waals surface area contributed by atoms with E-state index in [1.165, 1.54) is 4.90 Å². The fourth-order valence-corrected chi connectivity index (χ4v) is 6.05. The largest absolute Gasteiger partial charge is 0.352 e. The predicted molar refractivity (Wildman–Crippen MR) is 133 cm³/mol. The van der Waals surface area contributed by atoms with Gasteiger partial charge in [-0.05, 0) is 55.0 Å². The van der Waals surface area contributed by atoms with Gasteiger partial charge in [-0.2, -0.15) is 0 Å². The summed E-state index contributed by atoms with van der Waals surface area (Å²) in [6.45, 7) is 5.05. The Balaban J connectivity index is 1.49. The smallest absolute Gasteiger partial charge is 0.331 e. The van der Waals surface area contributed by atoms with Crippen LogP contribution in [0.3, 0.4) is 0 Å². The molecular formula is C28H28N4O3. The first-order valence-corrected chi connectivity index (χ1v) is 12.2. The second-order valence-corrected chi connectivity index (χ2v) is 10.3. The van der Waals surface area contributed by atoms with E-state index in [-0.39, 0.29) is 19.0 Å². The summed E-state index contributed by atoms with van der Waals surface area (Å²) < 4.78 is 0. The number of anilines is 1. The monoisotopic (exact) mass is 468 g/mol. The van der Waals surface area contributed by atoms with Crippen LogP contribution in [0, 0.1) is 18.3 Å². The molecule has 2 aromatic carbocycles. The van der Waals surface area contributed by atoms with Gasteiger partial charge < -0.3 is 4.90 Å². The zero-order chi connectivity index (χ0) is 24.3. The van der Waals surface area contributed by atoms with Gasteiger partial charge in [0.1, 0.15) is 5.82 Å². The van der Waals surface area contributed by atoms with E-state index < -0.39 is 23.3 Å². The summed E-state index contributed by atoms with van der Waals surface area (Å²) in [5.41, 5.74) is 2.38. The molecule has 2 saturated heterocycles. The summed E-state index contributed by atoms with van der Waals surface area (Å²) in [5, 5.41) is 3.54. The van der Waals surface area contributed by atoms with Gasteiger partial charge in [0.05, 0.1) is 18.1 Å². The van der Waals surface area contributed by atoms with E-state index in [0.29, 0.717) is 12.3 Å². The Bertz CT molecular complexity index is 1370. The minimum absolute atomic E-state index is 0.130. The van der Waals surface area contributed by atoms with Crippen molar-refractivity contribution in [3.05, 3.63) is 71.3 Å². The molecule has 4 amide bonds. The number of hydrogen-bond acceptors (Lipinski definition) is 5. The van der Waals surface area contributed by atoms with Crippen molar-refractivity contribution in [3.63, 3.8) is 0 Å². The van der Waals surface area contributed by atoms with Gasteiger partial charge in [-0.1, -0.05) is 48.9 Å². The fraction of sp³-hybridized carbons (Fsp3) is 0.357. The second-order valence-electron chi connectivity index (χ2n) is 10.3. The molecule has 7 heteroatoms.